The average Bonchev–Trinajstić information content (AvgIpc) is 2.55. The fourth-order valence-corrected chi connectivity index (χ4v) is 2.66. The number of rotatable bonds is 4. The van der Waals surface area contributed by atoms with E-state index in [1.165, 1.54) is 38.5 Å². The van der Waals surface area contributed by atoms with Crippen LogP contribution < -0.4 is 10.1 Å². The van der Waals surface area contributed by atoms with Crippen molar-refractivity contribution in [3.8, 4) is 5.75 Å². The van der Waals surface area contributed by atoms with Crippen LogP contribution in [0, 0.1) is 0 Å². The minimum atomic E-state index is -0.604. The zero-order valence-corrected chi connectivity index (χ0v) is 14.9. The van der Waals surface area contributed by atoms with Crippen LogP contribution in [0.1, 0.15) is 20.7 Å². The van der Waals surface area contributed by atoms with E-state index in [2.05, 4.69) is 10.1 Å². The van der Waals surface area contributed by atoms with Crippen molar-refractivity contribution >= 4 is 52.4 Å². The van der Waals surface area contributed by atoms with Crippen LogP contribution in [0.2, 0.25) is 15.1 Å². The summed E-state index contributed by atoms with van der Waals surface area (Å²) in [7, 11) is 2.63. The van der Waals surface area contributed by atoms with Gasteiger partial charge in [0.05, 0.1) is 35.5 Å². The SMILES string of the molecule is COC(=O)c1cc(Cl)c(NC(=O)c2ccc(Cl)cc2Cl)cc1OC. The Morgan fingerprint density at radius 2 is 1.67 bits per heavy atom. The van der Waals surface area contributed by atoms with Gasteiger partial charge in [0.25, 0.3) is 5.91 Å². The maximum absolute atomic E-state index is 12.3. The quantitative estimate of drug-likeness (QED) is 0.771. The van der Waals surface area contributed by atoms with Crippen molar-refractivity contribution in [2.24, 2.45) is 0 Å². The highest BCUT2D eigenvalue weighted by molar-refractivity contribution is 6.38. The van der Waals surface area contributed by atoms with Crippen LogP contribution in [0.15, 0.2) is 30.3 Å². The molecule has 2 aromatic rings. The third-order valence-corrected chi connectivity index (χ3v) is 3.98. The number of esters is 1. The molecule has 0 aliphatic heterocycles. The van der Waals surface area contributed by atoms with Crippen LogP contribution in [0.5, 0.6) is 5.75 Å². The first-order valence-corrected chi connectivity index (χ1v) is 7.73. The largest absolute Gasteiger partial charge is 0.496 e. The summed E-state index contributed by atoms with van der Waals surface area (Å²) >= 11 is 17.9. The molecule has 2 aromatic carbocycles. The van der Waals surface area contributed by atoms with Crippen molar-refractivity contribution in [1.29, 1.82) is 0 Å². The zero-order valence-electron chi connectivity index (χ0n) is 12.7. The van der Waals surface area contributed by atoms with Gasteiger partial charge in [-0.1, -0.05) is 34.8 Å². The molecule has 0 aliphatic rings. The number of nitrogens with one attached hydrogen (secondary N) is 1. The smallest absolute Gasteiger partial charge is 0.341 e. The molecule has 0 aliphatic carbocycles. The number of carbonyl (C=O) groups is 2. The molecule has 0 heterocycles. The van der Waals surface area contributed by atoms with E-state index >= 15 is 0 Å². The topological polar surface area (TPSA) is 64.6 Å². The second-order valence-corrected chi connectivity index (χ2v) is 5.85. The summed E-state index contributed by atoms with van der Waals surface area (Å²) in [6.07, 6.45) is 0. The number of anilines is 1. The van der Waals surface area contributed by atoms with E-state index in [0.717, 1.165) is 0 Å². The fraction of sp³-hybridized carbons (Fsp3) is 0.125. The Balaban J connectivity index is 2.35. The first-order valence-electron chi connectivity index (χ1n) is 6.59. The lowest BCUT2D eigenvalue weighted by atomic mass is 10.1. The Kier molecular flexibility index (Phi) is 5.94. The number of methoxy groups -OCH3 is 2. The van der Waals surface area contributed by atoms with Crippen LogP contribution in [0.4, 0.5) is 5.69 Å². The summed E-state index contributed by atoms with van der Waals surface area (Å²) in [6, 6.07) is 7.28. The third-order valence-electron chi connectivity index (χ3n) is 3.12. The summed E-state index contributed by atoms with van der Waals surface area (Å²) in [6.45, 7) is 0. The maximum atomic E-state index is 12.3. The van der Waals surface area contributed by atoms with Gasteiger partial charge in [-0.25, -0.2) is 4.79 Å². The molecule has 0 unspecified atom stereocenters. The van der Waals surface area contributed by atoms with Crippen molar-refractivity contribution in [1.82, 2.24) is 0 Å². The van der Waals surface area contributed by atoms with Gasteiger partial charge in [0, 0.05) is 11.1 Å². The van der Waals surface area contributed by atoms with E-state index in [1.807, 2.05) is 0 Å². The van der Waals surface area contributed by atoms with Gasteiger partial charge in [0.2, 0.25) is 0 Å². The molecular weight excluding hydrogens is 377 g/mol. The first-order chi connectivity index (χ1) is 11.4. The van der Waals surface area contributed by atoms with Crippen LogP contribution in [0.25, 0.3) is 0 Å². The molecule has 8 heteroatoms. The van der Waals surface area contributed by atoms with E-state index in [0.29, 0.717) is 5.02 Å². The molecular formula is C16H12Cl3NO4. The number of amides is 1. The minimum absolute atomic E-state index is 0.146. The molecule has 24 heavy (non-hydrogen) atoms. The lowest BCUT2D eigenvalue weighted by Gasteiger charge is -2.13. The lowest BCUT2D eigenvalue weighted by Crippen LogP contribution is -2.13. The van der Waals surface area contributed by atoms with E-state index in [9.17, 15) is 9.59 Å². The Hall–Kier alpha value is -1.95. The normalized spacial score (nSPS) is 10.2. The van der Waals surface area contributed by atoms with Gasteiger partial charge in [-0.15, -0.1) is 0 Å². The Morgan fingerprint density at radius 1 is 0.958 bits per heavy atom. The van der Waals surface area contributed by atoms with Gasteiger partial charge in [0.15, 0.2) is 0 Å². The Labute approximate surface area is 153 Å². The van der Waals surface area contributed by atoms with Gasteiger partial charge in [-0.2, -0.15) is 0 Å². The molecule has 2 rings (SSSR count). The van der Waals surface area contributed by atoms with Crippen LogP contribution in [0.3, 0.4) is 0 Å². The summed E-state index contributed by atoms with van der Waals surface area (Å²) in [4.78, 5) is 24.0. The molecule has 1 amide bonds. The van der Waals surface area contributed by atoms with Crippen molar-refractivity contribution in [3.05, 3.63) is 56.5 Å². The van der Waals surface area contributed by atoms with Crippen LogP contribution in [-0.2, 0) is 4.74 Å². The van der Waals surface area contributed by atoms with Gasteiger partial charge < -0.3 is 14.8 Å². The molecule has 5 nitrogen and oxygen atoms in total. The van der Waals surface area contributed by atoms with Crippen molar-refractivity contribution < 1.29 is 19.1 Å². The predicted molar refractivity (Wildman–Crippen MR) is 93.8 cm³/mol. The molecule has 0 saturated carbocycles. The number of halogens is 3. The summed E-state index contributed by atoms with van der Waals surface area (Å²) in [5, 5.41) is 3.38. The van der Waals surface area contributed by atoms with Gasteiger partial charge in [-0.3, -0.25) is 4.79 Å². The molecule has 1 N–H and O–H groups in total. The number of hydrogen-bond acceptors (Lipinski definition) is 4. The van der Waals surface area contributed by atoms with E-state index < -0.39 is 11.9 Å². The van der Waals surface area contributed by atoms with Crippen molar-refractivity contribution in [2.75, 3.05) is 19.5 Å². The third kappa shape index (κ3) is 3.93. The van der Waals surface area contributed by atoms with Gasteiger partial charge in [-0.05, 0) is 24.3 Å². The second kappa shape index (κ2) is 7.75. The first kappa shape index (κ1) is 18.4. The molecule has 0 radical (unpaired) electrons. The fourth-order valence-electron chi connectivity index (χ4n) is 1.95. The molecule has 0 saturated heterocycles. The predicted octanol–water partition coefficient (Wildman–Crippen LogP) is 4.69. The zero-order chi connectivity index (χ0) is 17.9. The van der Waals surface area contributed by atoms with Gasteiger partial charge >= 0.3 is 5.97 Å². The average molecular weight is 389 g/mol. The molecule has 0 bridgehead atoms. The van der Waals surface area contributed by atoms with Gasteiger partial charge in [0.1, 0.15) is 11.3 Å². The number of benzene rings is 2. The lowest BCUT2D eigenvalue weighted by molar-refractivity contribution is 0.0597. The molecule has 0 aromatic heterocycles. The summed E-state index contributed by atoms with van der Waals surface area (Å²) in [5.74, 6) is -0.873. The standard InChI is InChI=1S/C16H12Cl3NO4/c1-23-14-7-13(12(19)6-10(14)16(22)24-2)20-15(21)9-4-3-8(17)5-11(9)18/h3-7H,1-2H3,(H,20,21). The van der Waals surface area contributed by atoms with Crippen molar-refractivity contribution in [3.63, 3.8) is 0 Å². The molecule has 0 spiro atoms. The highest BCUT2D eigenvalue weighted by Gasteiger charge is 2.18. The van der Waals surface area contributed by atoms with E-state index in [1.54, 1.807) is 6.07 Å². The number of carbonyl (C=O) groups excluding carboxylic acids is 2. The summed E-state index contributed by atoms with van der Waals surface area (Å²) in [5.41, 5.74) is 0.637. The highest BCUT2D eigenvalue weighted by atomic mass is 35.5. The minimum Gasteiger partial charge on any atom is -0.496 e. The number of hydrogen-bond donors (Lipinski definition) is 1. The maximum Gasteiger partial charge on any atom is 0.341 e. The molecule has 0 atom stereocenters. The van der Waals surface area contributed by atoms with E-state index in [-0.39, 0.29) is 32.6 Å². The Bertz CT molecular complexity index is 808. The monoisotopic (exact) mass is 387 g/mol. The molecule has 126 valence electrons. The van der Waals surface area contributed by atoms with Crippen LogP contribution in [-0.4, -0.2) is 26.1 Å². The molecule has 0 fully saturated rings. The van der Waals surface area contributed by atoms with Crippen molar-refractivity contribution in [2.45, 2.75) is 0 Å². The second-order valence-electron chi connectivity index (χ2n) is 4.60. The summed E-state index contributed by atoms with van der Waals surface area (Å²) < 4.78 is 9.79. The number of ether oxygens (including phenoxy) is 2. The highest BCUT2D eigenvalue weighted by Crippen LogP contribution is 2.32. The van der Waals surface area contributed by atoms with Crippen LogP contribution >= 0.6 is 34.8 Å². The Morgan fingerprint density at radius 3 is 2.25 bits per heavy atom. The van der Waals surface area contributed by atoms with E-state index in [4.69, 9.17) is 39.5 Å².